The molecule has 2 aliphatic rings. The molecule has 0 bridgehead atoms. The summed E-state index contributed by atoms with van der Waals surface area (Å²) in [5, 5.41) is 2.87. The number of ether oxygens (including phenoxy) is 3. The number of nitrogens with one attached hydrogen (secondary N) is 1. The summed E-state index contributed by atoms with van der Waals surface area (Å²) in [6.45, 7) is 6.76. The van der Waals surface area contributed by atoms with Gasteiger partial charge in [0.05, 0.1) is 31.7 Å². The van der Waals surface area contributed by atoms with E-state index in [1.165, 1.54) is 0 Å². The molecule has 2 fully saturated rings. The van der Waals surface area contributed by atoms with Crippen LogP contribution in [0.5, 0.6) is 11.5 Å². The fraction of sp³-hybridized carbons (Fsp3) is 0.480. The van der Waals surface area contributed by atoms with Gasteiger partial charge in [-0.3, -0.25) is 9.59 Å². The zero-order chi connectivity index (χ0) is 23.8. The molecule has 1 aromatic carbocycles. The Labute approximate surface area is 200 Å². The molecule has 9 heteroatoms. The van der Waals surface area contributed by atoms with Crippen LogP contribution in [0.25, 0.3) is 0 Å². The molecule has 0 spiro atoms. The predicted octanol–water partition coefficient (Wildman–Crippen LogP) is 2.96. The van der Waals surface area contributed by atoms with E-state index in [0.29, 0.717) is 42.6 Å². The van der Waals surface area contributed by atoms with Crippen LogP contribution in [0.3, 0.4) is 0 Å². The van der Waals surface area contributed by atoms with Gasteiger partial charge in [-0.1, -0.05) is 0 Å². The van der Waals surface area contributed by atoms with E-state index in [1.807, 2.05) is 24.0 Å². The average molecular weight is 469 g/mol. The van der Waals surface area contributed by atoms with E-state index in [-0.39, 0.29) is 18.4 Å². The van der Waals surface area contributed by atoms with Crippen molar-refractivity contribution in [2.75, 3.05) is 62.8 Å². The first-order valence-corrected chi connectivity index (χ1v) is 11.9. The number of likely N-dealkylation sites (tertiary alicyclic amines) is 1. The molecule has 2 saturated heterocycles. The summed E-state index contributed by atoms with van der Waals surface area (Å²) in [5.74, 6) is 1.43. The zero-order valence-corrected chi connectivity index (χ0v) is 19.6. The number of hydrogen-bond acceptors (Lipinski definition) is 7. The van der Waals surface area contributed by atoms with Crippen LogP contribution < -0.4 is 19.7 Å². The molecule has 1 N–H and O–H groups in total. The van der Waals surface area contributed by atoms with Gasteiger partial charge in [-0.2, -0.15) is 0 Å². The Morgan fingerprint density at radius 1 is 1.00 bits per heavy atom. The number of carbonyl (C=O) groups excluding carboxylic acids is 2. The first-order valence-electron chi connectivity index (χ1n) is 11.9. The number of pyridine rings is 1. The van der Waals surface area contributed by atoms with Crippen LogP contribution in [-0.4, -0.2) is 74.3 Å². The Balaban J connectivity index is 1.37. The van der Waals surface area contributed by atoms with Gasteiger partial charge >= 0.3 is 0 Å². The lowest BCUT2D eigenvalue weighted by atomic mass is 10.1. The maximum Gasteiger partial charge on any atom is 0.260 e. The third kappa shape index (κ3) is 6.17. The van der Waals surface area contributed by atoms with Gasteiger partial charge in [0.1, 0.15) is 5.82 Å². The Morgan fingerprint density at radius 2 is 1.79 bits per heavy atom. The molecular weight excluding hydrogens is 436 g/mol. The summed E-state index contributed by atoms with van der Waals surface area (Å²) in [6, 6.07) is 8.69. The molecule has 0 atom stereocenters. The number of benzene rings is 1. The molecule has 0 aliphatic carbocycles. The summed E-state index contributed by atoms with van der Waals surface area (Å²) in [6.07, 6.45) is 4.88. The summed E-state index contributed by atoms with van der Waals surface area (Å²) in [7, 11) is 0. The summed E-state index contributed by atoms with van der Waals surface area (Å²) >= 11 is 0. The number of hydrogen-bond donors (Lipinski definition) is 1. The van der Waals surface area contributed by atoms with Crippen molar-refractivity contribution in [3.05, 3.63) is 42.1 Å². The maximum atomic E-state index is 12.8. The Kier molecular flexibility index (Phi) is 8.19. The molecule has 9 nitrogen and oxygen atoms in total. The standard InChI is InChI=1S/C25H32N4O5/c1-2-33-22-16-19(6-8-21(22)34-18-24(30)29-10-4-3-5-11-29)25(31)27-20-7-9-23(26-17-20)28-12-14-32-15-13-28/h6-9,16-17H,2-5,10-15,18H2,1H3,(H,27,31). The number of amides is 2. The van der Waals surface area contributed by atoms with Gasteiger partial charge in [-0.25, -0.2) is 4.98 Å². The van der Waals surface area contributed by atoms with Gasteiger partial charge in [0.2, 0.25) is 0 Å². The number of anilines is 2. The number of carbonyl (C=O) groups is 2. The maximum absolute atomic E-state index is 12.8. The van der Waals surface area contributed by atoms with Crippen LogP contribution in [0, 0.1) is 0 Å². The molecule has 0 saturated carbocycles. The zero-order valence-electron chi connectivity index (χ0n) is 19.6. The quantitative estimate of drug-likeness (QED) is 0.637. The highest BCUT2D eigenvalue weighted by molar-refractivity contribution is 6.04. The minimum atomic E-state index is -0.280. The van der Waals surface area contributed by atoms with Crippen LogP contribution >= 0.6 is 0 Å². The first kappa shape index (κ1) is 23.8. The summed E-state index contributed by atoms with van der Waals surface area (Å²) in [4.78, 5) is 33.7. The van der Waals surface area contributed by atoms with Crippen molar-refractivity contribution in [2.24, 2.45) is 0 Å². The lowest BCUT2D eigenvalue weighted by molar-refractivity contribution is -0.134. The third-order valence-corrected chi connectivity index (χ3v) is 5.91. The normalized spacial score (nSPS) is 16.1. The number of morpholine rings is 1. The number of aromatic nitrogens is 1. The van der Waals surface area contributed by atoms with E-state index in [1.54, 1.807) is 24.4 Å². The fourth-order valence-electron chi connectivity index (χ4n) is 4.05. The van der Waals surface area contributed by atoms with Crippen molar-refractivity contribution >= 4 is 23.3 Å². The topological polar surface area (TPSA) is 93.2 Å². The molecule has 2 amide bonds. The average Bonchev–Trinajstić information content (AvgIpc) is 2.89. The minimum absolute atomic E-state index is 0.0306. The van der Waals surface area contributed by atoms with E-state index < -0.39 is 0 Å². The van der Waals surface area contributed by atoms with Crippen molar-refractivity contribution in [2.45, 2.75) is 26.2 Å². The number of rotatable bonds is 8. The molecule has 0 radical (unpaired) electrons. The van der Waals surface area contributed by atoms with E-state index in [0.717, 1.165) is 51.3 Å². The lowest BCUT2D eigenvalue weighted by Gasteiger charge is -2.27. The highest BCUT2D eigenvalue weighted by Gasteiger charge is 2.19. The SMILES string of the molecule is CCOc1cc(C(=O)Nc2ccc(N3CCOCC3)nc2)ccc1OCC(=O)N1CCCCC1. The largest absolute Gasteiger partial charge is 0.490 e. The second-order valence-corrected chi connectivity index (χ2v) is 8.28. The van der Waals surface area contributed by atoms with E-state index in [9.17, 15) is 9.59 Å². The van der Waals surface area contributed by atoms with Gasteiger partial charge in [-0.05, 0) is 56.5 Å². The molecule has 4 rings (SSSR count). The molecule has 0 unspecified atom stereocenters. The Hall–Kier alpha value is -3.33. The van der Waals surface area contributed by atoms with Crippen molar-refractivity contribution in [1.29, 1.82) is 0 Å². The summed E-state index contributed by atoms with van der Waals surface area (Å²) < 4.78 is 16.8. The van der Waals surface area contributed by atoms with E-state index >= 15 is 0 Å². The summed E-state index contributed by atoms with van der Waals surface area (Å²) in [5.41, 5.74) is 1.03. The highest BCUT2D eigenvalue weighted by Crippen LogP contribution is 2.29. The van der Waals surface area contributed by atoms with Gasteiger partial charge in [0.15, 0.2) is 18.1 Å². The van der Waals surface area contributed by atoms with Crippen molar-refractivity contribution in [1.82, 2.24) is 9.88 Å². The highest BCUT2D eigenvalue weighted by atomic mass is 16.5. The molecule has 3 heterocycles. The Bertz CT molecular complexity index is 970. The lowest BCUT2D eigenvalue weighted by Crippen LogP contribution is -2.38. The van der Waals surface area contributed by atoms with Crippen LogP contribution in [0.1, 0.15) is 36.5 Å². The van der Waals surface area contributed by atoms with Gasteiger partial charge < -0.3 is 29.3 Å². The Morgan fingerprint density at radius 3 is 2.50 bits per heavy atom. The monoisotopic (exact) mass is 468 g/mol. The van der Waals surface area contributed by atoms with Gasteiger partial charge in [0, 0.05) is 31.7 Å². The molecule has 182 valence electrons. The van der Waals surface area contributed by atoms with Crippen molar-refractivity contribution in [3.8, 4) is 11.5 Å². The van der Waals surface area contributed by atoms with Gasteiger partial charge in [-0.15, -0.1) is 0 Å². The number of piperidine rings is 1. The third-order valence-electron chi connectivity index (χ3n) is 5.91. The van der Waals surface area contributed by atoms with Crippen molar-refractivity contribution < 1.29 is 23.8 Å². The minimum Gasteiger partial charge on any atom is -0.490 e. The molecular formula is C25H32N4O5. The van der Waals surface area contributed by atoms with Gasteiger partial charge in [0.25, 0.3) is 11.8 Å². The van der Waals surface area contributed by atoms with E-state index in [2.05, 4.69) is 15.2 Å². The predicted molar refractivity (Wildman–Crippen MR) is 129 cm³/mol. The molecule has 1 aromatic heterocycles. The molecule has 34 heavy (non-hydrogen) atoms. The number of nitrogens with zero attached hydrogens (tertiary/aromatic N) is 3. The second-order valence-electron chi connectivity index (χ2n) is 8.28. The van der Waals surface area contributed by atoms with Crippen LogP contribution in [0.15, 0.2) is 36.5 Å². The first-order chi connectivity index (χ1) is 16.6. The molecule has 2 aliphatic heterocycles. The van der Waals surface area contributed by atoms with Crippen molar-refractivity contribution in [3.63, 3.8) is 0 Å². The molecule has 2 aromatic rings. The van der Waals surface area contributed by atoms with E-state index in [4.69, 9.17) is 14.2 Å². The second kappa shape index (κ2) is 11.7. The van der Waals surface area contributed by atoms with Crippen LogP contribution in [0.2, 0.25) is 0 Å². The van der Waals surface area contributed by atoms with Crippen LogP contribution in [0.4, 0.5) is 11.5 Å². The fourth-order valence-corrected chi connectivity index (χ4v) is 4.05. The smallest absolute Gasteiger partial charge is 0.260 e. The van der Waals surface area contributed by atoms with Crippen LogP contribution in [-0.2, 0) is 9.53 Å².